The van der Waals surface area contributed by atoms with Gasteiger partial charge in [0.2, 0.25) is 0 Å². The van der Waals surface area contributed by atoms with Crippen LogP contribution in [0.3, 0.4) is 0 Å². The van der Waals surface area contributed by atoms with Crippen LogP contribution in [0.5, 0.6) is 0 Å². The second kappa shape index (κ2) is 7.18. The highest BCUT2D eigenvalue weighted by Crippen LogP contribution is 2.32. The van der Waals surface area contributed by atoms with Crippen LogP contribution in [0.4, 0.5) is 0 Å². The molecule has 19 heavy (non-hydrogen) atoms. The number of carbonyl (C=O) groups is 1. The lowest BCUT2D eigenvalue weighted by Crippen LogP contribution is -2.23. The summed E-state index contributed by atoms with van der Waals surface area (Å²) in [7, 11) is 0. The van der Waals surface area contributed by atoms with Crippen molar-refractivity contribution < 1.29 is 4.79 Å². The summed E-state index contributed by atoms with van der Waals surface area (Å²) in [6.07, 6.45) is 9.28. The molecule has 0 unspecified atom stereocenters. The zero-order valence-electron chi connectivity index (χ0n) is 12.2. The van der Waals surface area contributed by atoms with Crippen molar-refractivity contribution in [1.29, 1.82) is 0 Å². The third-order valence-electron chi connectivity index (χ3n) is 4.29. The topological polar surface area (TPSA) is 30.0 Å². The Morgan fingerprint density at radius 2 is 2.11 bits per heavy atom. The Kier molecular flexibility index (Phi) is 5.56. The van der Waals surface area contributed by atoms with Crippen LogP contribution in [0.2, 0.25) is 0 Å². The van der Waals surface area contributed by atoms with Crippen LogP contribution in [0, 0.1) is 18.8 Å². The highest BCUT2D eigenvalue weighted by Gasteiger charge is 2.26. The summed E-state index contributed by atoms with van der Waals surface area (Å²) in [5.41, 5.74) is 0.973. The third-order valence-corrected chi connectivity index (χ3v) is 5.11. The van der Waals surface area contributed by atoms with Crippen molar-refractivity contribution >= 4 is 17.1 Å². The number of carbonyl (C=O) groups excluding carboxylic acids is 1. The monoisotopic (exact) mass is 279 g/mol. The lowest BCUT2D eigenvalue weighted by molar-refractivity contribution is -0.123. The number of aromatic nitrogens is 1. The van der Waals surface area contributed by atoms with Crippen LogP contribution in [0.15, 0.2) is 5.38 Å². The molecule has 0 amide bonds. The van der Waals surface area contributed by atoms with E-state index in [1.165, 1.54) is 32.1 Å². The summed E-state index contributed by atoms with van der Waals surface area (Å²) in [6.45, 7) is 4.25. The van der Waals surface area contributed by atoms with E-state index in [-0.39, 0.29) is 0 Å². The summed E-state index contributed by atoms with van der Waals surface area (Å²) in [6, 6.07) is 0. The van der Waals surface area contributed by atoms with Gasteiger partial charge in [-0.25, -0.2) is 4.98 Å². The minimum absolute atomic E-state index is 0.305. The molecule has 0 spiro atoms. The second-order valence-corrected chi connectivity index (χ2v) is 6.92. The minimum Gasteiger partial charge on any atom is -0.299 e. The number of aryl methyl sites for hydroxylation is 1. The van der Waals surface area contributed by atoms with Crippen molar-refractivity contribution in [3.8, 4) is 0 Å². The predicted molar refractivity (Wildman–Crippen MR) is 80.5 cm³/mol. The fourth-order valence-electron chi connectivity index (χ4n) is 3.08. The molecule has 0 bridgehead atoms. The van der Waals surface area contributed by atoms with Gasteiger partial charge >= 0.3 is 0 Å². The molecule has 106 valence electrons. The Bertz CT molecular complexity index is 405. The van der Waals surface area contributed by atoms with Crippen LogP contribution in [-0.4, -0.2) is 10.8 Å². The summed E-state index contributed by atoms with van der Waals surface area (Å²) in [5.74, 6) is 1.60. The Hall–Kier alpha value is -0.700. The van der Waals surface area contributed by atoms with E-state index in [4.69, 9.17) is 0 Å². The van der Waals surface area contributed by atoms with Crippen LogP contribution < -0.4 is 0 Å². The lowest BCUT2D eigenvalue weighted by atomic mass is 9.77. The Morgan fingerprint density at radius 3 is 2.68 bits per heavy atom. The van der Waals surface area contributed by atoms with E-state index in [9.17, 15) is 4.79 Å². The Morgan fingerprint density at radius 1 is 1.37 bits per heavy atom. The van der Waals surface area contributed by atoms with E-state index >= 15 is 0 Å². The molecule has 1 heterocycles. The number of Topliss-reactive ketones (excluding diaryl/α,β-unsaturated/α-hetero) is 1. The molecule has 0 aliphatic heterocycles. The number of hydrogen-bond acceptors (Lipinski definition) is 3. The largest absolute Gasteiger partial charge is 0.299 e. The standard InChI is InChI=1S/C16H25NOS/c1-3-4-5-13-6-8-14(9-7-13)16(18)10-15-11-19-12(2)17-15/h11,13-14H,3-10H2,1-2H3. The van der Waals surface area contributed by atoms with Gasteiger partial charge in [0.1, 0.15) is 5.78 Å². The zero-order chi connectivity index (χ0) is 13.7. The second-order valence-electron chi connectivity index (χ2n) is 5.86. The number of nitrogens with zero attached hydrogens (tertiary/aromatic N) is 1. The molecular formula is C16H25NOS. The maximum Gasteiger partial charge on any atom is 0.141 e. The highest BCUT2D eigenvalue weighted by atomic mass is 32.1. The van der Waals surface area contributed by atoms with Gasteiger partial charge in [-0.15, -0.1) is 11.3 Å². The fourth-order valence-corrected chi connectivity index (χ4v) is 3.69. The molecular weight excluding hydrogens is 254 g/mol. The van der Waals surface area contributed by atoms with Gasteiger partial charge < -0.3 is 0 Å². The Labute approximate surface area is 120 Å². The van der Waals surface area contributed by atoms with Gasteiger partial charge in [0, 0.05) is 17.7 Å². The zero-order valence-corrected chi connectivity index (χ0v) is 13.0. The van der Waals surface area contributed by atoms with E-state index in [1.54, 1.807) is 11.3 Å². The van der Waals surface area contributed by atoms with E-state index in [0.29, 0.717) is 18.1 Å². The van der Waals surface area contributed by atoms with Gasteiger partial charge in [0.25, 0.3) is 0 Å². The van der Waals surface area contributed by atoms with Gasteiger partial charge in [-0.05, 0) is 38.5 Å². The van der Waals surface area contributed by atoms with Gasteiger partial charge in [-0.2, -0.15) is 0 Å². The Balaban J connectivity index is 1.76. The van der Waals surface area contributed by atoms with Crippen molar-refractivity contribution in [3.05, 3.63) is 16.1 Å². The summed E-state index contributed by atoms with van der Waals surface area (Å²) < 4.78 is 0. The molecule has 1 aromatic heterocycles. The van der Waals surface area contributed by atoms with Crippen molar-refractivity contribution in [2.24, 2.45) is 11.8 Å². The maximum absolute atomic E-state index is 12.3. The average Bonchev–Trinajstić information content (AvgIpc) is 2.82. The fraction of sp³-hybridized carbons (Fsp3) is 0.750. The third kappa shape index (κ3) is 4.41. The van der Waals surface area contributed by atoms with Crippen LogP contribution in [-0.2, 0) is 11.2 Å². The molecule has 0 aromatic carbocycles. The molecule has 0 saturated heterocycles. The first-order chi connectivity index (χ1) is 9.19. The van der Waals surface area contributed by atoms with Crippen LogP contribution in [0.25, 0.3) is 0 Å². The summed E-state index contributed by atoms with van der Waals surface area (Å²) in [4.78, 5) is 16.7. The number of thiazole rings is 1. The van der Waals surface area contributed by atoms with Gasteiger partial charge in [0.05, 0.1) is 10.7 Å². The normalized spacial score (nSPS) is 23.5. The first-order valence-electron chi connectivity index (χ1n) is 7.62. The van der Waals surface area contributed by atoms with Crippen molar-refractivity contribution in [2.75, 3.05) is 0 Å². The van der Waals surface area contributed by atoms with E-state index < -0.39 is 0 Å². The van der Waals surface area contributed by atoms with Crippen LogP contribution in [0.1, 0.15) is 62.6 Å². The quantitative estimate of drug-likeness (QED) is 0.764. The van der Waals surface area contributed by atoms with Gasteiger partial charge in [0.15, 0.2) is 0 Å². The molecule has 1 fully saturated rings. The smallest absolute Gasteiger partial charge is 0.141 e. The molecule has 1 saturated carbocycles. The molecule has 3 heteroatoms. The molecule has 1 aliphatic carbocycles. The first-order valence-corrected chi connectivity index (χ1v) is 8.50. The molecule has 0 atom stereocenters. The van der Waals surface area contributed by atoms with Crippen molar-refractivity contribution in [1.82, 2.24) is 4.98 Å². The summed E-state index contributed by atoms with van der Waals surface area (Å²) in [5, 5.41) is 3.09. The minimum atomic E-state index is 0.305. The van der Waals surface area contributed by atoms with Gasteiger partial charge in [-0.3, -0.25) is 4.79 Å². The van der Waals surface area contributed by atoms with Crippen LogP contribution >= 0.6 is 11.3 Å². The van der Waals surface area contributed by atoms with Crippen molar-refractivity contribution in [3.63, 3.8) is 0 Å². The highest BCUT2D eigenvalue weighted by molar-refractivity contribution is 7.09. The number of hydrogen-bond donors (Lipinski definition) is 0. The first kappa shape index (κ1) is 14.7. The molecule has 0 N–H and O–H groups in total. The van der Waals surface area contributed by atoms with E-state index in [2.05, 4.69) is 11.9 Å². The molecule has 2 nitrogen and oxygen atoms in total. The van der Waals surface area contributed by atoms with E-state index in [0.717, 1.165) is 29.5 Å². The number of ketones is 1. The lowest BCUT2D eigenvalue weighted by Gasteiger charge is -2.27. The SMILES string of the molecule is CCCCC1CCC(C(=O)Cc2csc(C)n2)CC1. The number of unbranched alkanes of at least 4 members (excludes halogenated alkanes) is 1. The molecule has 0 radical (unpaired) electrons. The molecule has 1 aromatic rings. The molecule has 2 rings (SSSR count). The average molecular weight is 279 g/mol. The van der Waals surface area contributed by atoms with E-state index in [1.807, 2.05) is 12.3 Å². The maximum atomic E-state index is 12.3. The predicted octanol–water partition coefficient (Wildman–Crippen LogP) is 4.56. The summed E-state index contributed by atoms with van der Waals surface area (Å²) >= 11 is 1.64. The number of rotatable bonds is 6. The van der Waals surface area contributed by atoms with Gasteiger partial charge in [-0.1, -0.05) is 26.2 Å². The van der Waals surface area contributed by atoms with Crippen molar-refractivity contribution in [2.45, 2.75) is 65.2 Å². The molecule has 1 aliphatic rings.